The Kier molecular flexibility index (Phi) is 4.17. The van der Waals surface area contributed by atoms with Crippen LogP contribution in [0, 0.1) is 5.82 Å². The molecule has 0 atom stereocenters. The highest BCUT2D eigenvalue weighted by Gasteiger charge is 2.32. The van der Waals surface area contributed by atoms with Crippen molar-refractivity contribution >= 4 is 15.9 Å². The minimum absolute atomic E-state index is 0.103. The van der Waals surface area contributed by atoms with Crippen molar-refractivity contribution in [2.75, 3.05) is 39.3 Å². The van der Waals surface area contributed by atoms with Crippen molar-refractivity contribution in [1.29, 1.82) is 0 Å². The quantitative estimate of drug-likeness (QED) is 0.911. The summed E-state index contributed by atoms with van der Waals surface area (Å²) in [6.45, 7) is 7.31. The van der Waals surface area contributed by atoms with Crippen molar-refractivity contribution in [2.24, 2.45) is 0 Å². The van der Waals surface area contributed by atoms with Crippen LogP contribution >= 0.6 is 15.9 Å². The SMILES string of the molecule is Fc1ccc(Br)cc1CN1CC(N2CCNCC2)C1. The molecule has 2 aliphatic heterocycles. The summed E-state index contributed by atoms with van der Waals surface area (Å²) in [7, 11) is 0. The van der Waals surface area contributed by atoms with Gasteiger partial charge in [-0.15, -0.1) is 0 Å². The predicted molar refractivity (Wildman–Crippen MR) is 77.6 cm³/mol. The van der Waals surface area contributed by atoms with E-state index in [9.17, 15) is 4.39 Å². The molecule has 1 aromatic rings. The van der Waals surface area contributed by atoms with Gasteiger partial charge < -0.3 is 5.32 Å². The van der Waals surface area contributed by atoms with Crippen molar-refractivity contribution in [3.63, 3.8) is 0 Å². The van der Waals surface area contributed by atoms with Crippen LogP contribution < -0.4 is 5.32 Å². The number of nitrogens with one attached hydrogen (secondary N) is 1. The van der Waals surface area contributed by atoms with E-state index in [-0.39, 0.29) is 5.82 Å². The summed E-state index contributed by atoms with van der Waals surface area (Å²) in [5.41, 5.74) is 0.785. The third-order valence-corrected chi connectivity index (χ3v) is 4.50. The largest absolute Gasteiger partial charge is 0.314 e. The number of benzene rings is 1. The highest BCUT2D eigenvalue weighted by atomic mass is 79.9. The van der Waals surface area contributed by atoms with Gasteiger partial charge in [-0.2, -0.15) is 0 Å². The molecule has 2 aliphatic rings. The third-order valence-electron chi connectivity index (χ3n) is 4.01. The Bertz CT molecular complexity index is 442. The van der Waals surface area contributed by atoms with Crippen molar-refractivity contribution < 1.29 is 4.39 Å². The van der Waals surface area contributed by atoms with E-state index in [0.717, 1.165) is 49.3 Å². The van der Waals surface area contributed by atoms with Crippen LogP contribution in [0.1, 0.15) is 5.56 Å². The highest BCUT2D eigenvalue weighted by molar-refractivity contribution is 9.10. The van der Waals surface area contributed by atoms with Crippen LogP contribution in [0.15, 0.2) is 22.7 Å². The standard InChI is InChI=1S/C14H19BrFN3/c15-12-1-2-14(16)11(7-12)8-18-9-13(10-18)19-5-3-17-4-6-19/h1-2,7,13,17H,3-6,8-10H2. The van der Waals surface area contributed by atoms with E-state index < -0.39 is 0 Å². The fourth-order valence-corrected chi connectivity index (χ4v) is 3.26. The van der Waals surface area contributed by atoms with Gasteiger partial charge in [-0.1, -0.05) is 15.9 Å². The van der Waals surface area contributed by atoms with E-state index >= 15 is 0 Å². The highest BCUT2D eigenvalue weighted by Crippen LogP contribution is 2.22. The van der Waals surface area contributed by atoms with Gasteiger partial charge in [0.15, 0.2) is 0 Å². The molecule has 0 amide bonds. The Labute approximate surface area is 121 Å². The first kappa shape index (κ1) is 13.5. The smallest absolute Gasteiger partial charge is 0.127 e. The van der Waals surface area contributed by atoms with E-state index in [0.29, 0.717) is 12.6 Å². The molecule has 0 radical (unpaired) electrons. The van der Waals surface area contributed by atoms with Gasteiger partial charge in [-0.25, -0.2) is 4.39 Å². The summed E-state index contributed by atoms with van der Waals surface area (Å²) in [6.07, 6.45) is 0. The third kappa shape index (κ3) is 3.16. The van der Waals surface area contributed by atoms with Crippen molar-refractivity contribution in [3.8, 4) is 0 Å². The van der Waals surface area contributed by atoms with Crippen LogP contribution in [0.2, 0.25) is 0 Å². The van der Waals surface area contributed by atoms with Gasteiger partial charge in [0.05, 0.1) is 0 Å². The number of piperazine rings is 1. The molecule has 2 heterocycles. The van der Waals surface area contributed by atoms with Crippen LogP contribution in [0.4, 0.5) is 4.39 Å². The lowest BCUT2D eigenvalue weighted by Gasteiger charge is -2.46. The predicted octanol–water partition coefficient (Wildman–Crippen LogP) is 1.68. The molecule has 1 aromatic carbocycles. The Morgan fingerprint density at radius 3 is 2.74 bits per heavy atom. The second-order valence-corrected chi connectivity index (χ2v) is 6.29. The molecule has 3 rings (SSSR count). The molecule has 0 aliphatic carbocycles. The number of hydrogen-bond acceptors (Lipinski definition) is 3. The van der Waals surface area contributed by atoms with E-state index in [2.05, 4.69) is 31.0 Å². The second kappa shape index (κ2) is 5.87. The first-order valence-electron chi connectivity index (χ1n) is 6.83. The maximum Gasteiger partial charge on any atom is 0.127 e. The molecule has 0 unspecified atom stereocenters. The number of hydrogen-bond donors (Lipinski definition) is 1. The molecule has 0 aromatic heterocycles. The van der Waals surface area contributed by atoms with Crippen LogP contribution in [0.3, 0.4) is 0 Å². The normalized spacial score (nSPS) is 22.4. The first-order chi connectivity index (χ1) is 9.22. The van der Waals surface area contributed by atoms with E-state index in [1.165, 1.54) is 6.07 Å². The fraction of sp³-hybridized carbons (Fsp3) is 0.571. The minimum Gasteiger partial charge on any atom is -0.314 e. The Morgan fingerprint density at radius 2 is 2.00 bits per heavy atom. The van der Waals surface area contributed by atoms with Gasteiger partial charge in [0.2, 0.25) is 0 Å². The molecule has 5 heteroatoms. The van der Waals surface area contributed by atoms with Crippen molar-refractivity contribution in [3.05, 3.63) is 34.1 Å². The lowest BCUT2D eigenvalue weighted by Crippen LogP contribution is -2.62. The topological polar surface area (TPSA) is 18.5 Å². The lowest BCUT2D eigenvalue weighted by atomic mass is 10.0. The monoisotopic (exact) mass is 327 g/mol. The zero-order chi connectivity index (χ0) is 13.2. The minimum atomic E-state index is -0.103. The molecule has 0 saturated carbocycles. The van der Waals surface area contributed by atoms with E-state index in [4.69, 9.17) is 0 Å². The van der Waals surface area contributed by atoms with Crippen LogP contribution in [0.5, 0.6) is 0 Å². The van der Waals surface area contributed by atoms with Crippen LogP contribution in [-0.2, 0) is 6.54 Å². The summed E-state index contributed by atoms with van der Waals surface area (Å²) in [6, 6.07) is 5.83. The van der Waals surface area contributed by atoms with Crippen LogP contribution in [0.25, 0.3) is 0 Å². The maximum atomic E-state index is 13.7. The molecule has 2 saturated heterocycles. The summed E-state index contributed by atoms with van der Waals surface area (Å²) >= 11 is 3.40. The molecule has 19 heavy (non-hydrogen) atoms. The number of halogens is 2. The molecular formula is C14H19BrFN3. The van der Waals surface area contributed by atoms with E-state index in [1.807, 2.05) is 6.07 Å². The zero-order valence-corrected chi connectivity index (χ0v) is 12.5. The van der Waals surface area contributed by atoms with Gasteiger partial charge >= 0.3 is 0 Å². The molecular weight excluding hydrogens is 309 g/mol. The average molecular weight is 328 g/mol. The van der Waals surface area contributed by atoms with Crippen LogP contribution in [-0.4, -0.2) is 55.1 Å². The summed E-state index contributed by atoms with van der Waals surface area (Å²) in [4.78, 5) is 4.86. The van der Waals surface area contributed by atoms with Gasteiger partial charge in [0, 0.05) is 61.9 Å². The van der Waals surface area contributed by atoms with Gasteiger partial charge in [0.25, 0.3) is 0 Å². The number of likely N-dealkylation sites (tertiary alicyclic amines) is 1. The number of rotatable bonds is 3. The average Bonchev–Trinajstić information content (AvgIpc) is 2.38. The first-order valence-corrected chi connectivity index (χ1v) is 7.63. The zero-order valence-electron chi connectivity index (χ0n) is 10.9. The van der Waals surface area contributed by atoms with Gasteiger partial charge in [-0.05, 0) is 18.2 Å². The lowest BCUT2D eigenvalue weighted by molar-refractivity contribution is 0.0217. The molecule has 1 N–H and O–H groups in total. The Morgan fingerprint density at radius 1 is 1.26 bits per heavy atom. The van der Waals surface area contributed by atoms with Gasteiger partial charge in [-0.3, -0.25) is 9.80 Å². The Hall–Kier alpha value is -0.490. The number of nitrogens with zero attached hydrogens (tertiary/aromatic N) is 2. The Balaban J connectivity index is 1.52. The van der Waals surface area contributed by atoms with E-state index in [1.54, 1.807) is 6.07 Å². The molecule has 2 fully saturated rings. The van der Waals surface area contributed by atoms with Gasteiger partial charge in [0.1, 0.15) is 5.82 Å². The molecule has 104 valence electrons. The summed E-state index contributed by atoms with van der Waals surface area (Å²) in [5, 5.41) is 3.37. The molecule has 3 nitrogen and oxygen atoms in total. The van der Waals surface area contributed by atoms with Crippen molar-refractivity contribution in [1.82, 2.24) is 15.1 Å². The fourth-order valence-electron chi connectivity index (χ4n) is 2.86. The second-order valence-electron chi connectivity index (χ2n) is 5.37. The molecule has 0 spiro atoms. The summed E-state index contributed by atoms with van der Waals surface area (Å²) < 4.78 is 14.6. The summed E-state index contributed by atoms with van der Waals surface area (Å²) in [5.74, 6) is -0.103. The maximum absolute atomic E-state index is 13.7. The molecule has 0 bridgehead atoms. The van der Waals surface area contributed by atoms with Crippen molar-refractivity contribution in [2.45, 2.75) is 12.6 Å².